The van der Waals surface area contributed by atoms with E-state index in [0.717, 1.165) is 12.8 Å². The van der Waals surface area contributed by atoms with E-state index in [4.69, 9.17) is 28.3 Å². The molecule has 0 amide bonds. The van der Waals surface area contributed by atoms with Crippen LogP contribution in [0.25, 0.3) is 0 Å². The SMILES string of the molecule is CCCCCCCCN1SC(Cl)=C(Cl)C1C(=O)O. The van der Waals surface area contributed by atoms with Gasteiger partial charge < -0.3 is 5.11 Å². The maximum atomic E-state index is 11.1. The summed E-state index contributed by atoms with van der Waals surface area (Å²) in [5.41, 5.74) is 0. The van der Waals surface area contributed by atoms with Crippen molar-refractivity contribution in [3.63, 3.8) is 0 Å². The van der Waals surface area contributed by atoms with Gasteiger partial charge in [-0.05, 0) is 18.4 Å². The van der Waals surface area contributed by atoms with Gasteiger partial charge in [-0.2, -0.15) is 0 Å². The number of carbonyl (C=O) groups is 1. The molecule has 0 saturated carbocycles. The van der Waals surface area contributed by atoms with E-state index in [-0.39, 0.29) is 5.03 Å². The molecule has 18 heavy (non-hydrogen) atoms. The lowest BCUT2D eigenvalue weighted by atomic mass is 10.1. The van der Waals surface area contributed by atoms with Crippen LogP contribution in [0.15, 0.2) is 9.40 Å². The Labute approximate surface area is 123 Å². The molecule has 6 heteroatoms. The number of hydrogen-bond acceptors (Lipinski definition) is 3. The summed E-state index contributed by atoms with van der Waals surface area (Å²) in [6, 6.07) is -0.778. The molecule has 3 nitrogen and oxygen atoms in total. The van der Waals surface area contributed by atoms with Gasteiger partial charge in [-0.15, -0.1) is 0 Å². The molecule has 0 bridgehead atoms. The van der Waals surface area contributed by atoms with Gasteiger partial charge >= 0.3 is 5.97 Å². The molecule has 0 saturated heterocycles. The highest BCUT2D eigenvalue weighted by Gasteiger charge is 2.37. The molecule has 0 aliphatic carbocycles. The van der Waals surface area contributed by atoms with Crippen molar-refractivity contribution in [1.82, 2.24) is 4.31 Å². The molecule has 104 valence electrons. The van der Waals surface area contributed by atoms with Crippen molar-refractivity contribution in [1.29, 1.82) is 0 Å². The minimum Gasteiger partial charge on any atom is -0.480 e. The van der Waals surface area contributed by atoms with Crippen LogP contribution >= 0.6 is 35.1 Å². The lowest BCUT2D eigenvalue weighted by Crippen LogP contribution is -2.34. The third-order valence-corrected chi connectivity index (χ3v) is 4.90. The lowest BCUT2D eigenvalue weighted by molar-refractivity contribution is -0.139. The maximum absolute atomic E-state index is 11.1. The largest absolute Gasteiger partial charge is 0.480 e. The van der Waals surface area contributed by atoms with E-state index in [0.29, 0.717) is 10.9 Å². The molecule has 1 rings (SSSR count). The maximum Gasteiger partial charge on any atom is 0.327 e. The Bertz CT molecular complexity index is 323. The Kier molecular flexibility index (Phi) is 7.46. The second-order valence-corrected chi connectivity index (χ2v) is 6.43. The van der Waals surface area contributed by atoms with Crippen LogP contribution in [-0.2, 0) is 4.79 Å². The molecular weight excluding hydrogens is 293 g/mol. The molecular formula is C12H19Cl2NO2S. The van der Waals surface area contributed by atoms with E-state index in [1.807, 2.05) is 0 Å². The van der Waals surface area contributed by atoms with Crippen LogP contribution in [0.2, 0.25) is 0 Å². The molecule has 1 unspecified atom stereocenters. The predicted octanol–water partition coefficient (Wildman–Crippen LogP) is 4.41. The highest BCUT2D eigenvalue weighted by atomic mass is 35.5. The van der Waals surface area contributed by atoms with Crippen LogP contribution in [0, 0.1) is 0 Å². The molecule has 1 N–H and O–H groups in total. The molecule has 0 fully saturated rings. The summed E-state index contributed by atoms with van der Waals surface area (Å²) in [6.45, 7) is 2.90. The summed E-state index contributed by atoms with van der Waals surface area (Å²) >= 11 is 13.0. The summed E-state index contributed by atoms with van der Waals surface area (Å²) < 4.78 is 2.14. The monoisotopic (exact) mass is 311 g/mol. The van der Waals surface area contributed by atoms with Gasteiger partial charge in [0.2, 0.25) is 0 Å². The quantitative estimate of drug-likeness (QED) is 0.532. The molecule has 1 aliphatic heterocycles. The van der Waals surface area contributed by atoms with Crippen LogP contribution in [0.5, 0.6) is 0 Å². The van der Waals surface area contributed by atoms with E-state index in [9.17, 15) is 4.79 Å². The standard InChI is InChI=1S/C12H19Cl2NO2S/c1-2-3-4-5-6-7-8-15-10(12(16)17)9(13)11(14)18-15/h10H,2-8H2,1H3,(H,16,17). The molecule has 1 atom stereocenters. The van der Waals surface area contributed by atoms with Crippen molar-refractivity contribution in [2.24, 2.45) is 0 Å². The number of aliphatic carboxylic acids is 1. The van der Waals surface area contributed by atoms with E-state index in [1.54, 1.807) is 4.31 Å². The zero-order chi connectivity index (χ0) is 13.5. The molecule has 0 aromatic heterocycles. The summed E-state index contributed by atoms with van der Waals surface area (Å²) in [4.78, 5) is 11.1. The number of nitrogens with zero attached hydrogens (tertiary/aromatic N) is 1. The number of carboxylic acids is 1. The Morgan fingerprint density at radius 3 is 2.50 bits per heavy atom. The first-order valence-corrected chi connectivity index (χ1v) is 7.83. The highest BCUT2D eigenvalue weighted by Crippen LogP contribution is 2.42. The van der Waals surface area contributed by atoms with Gasteiger partial charge in [0.05, 0.1) is 5.03 Å². The van der Waals surface area contributed by atoms with Crippen LogP contribution in [0.3, 0.4) is 0 Å². The fraction of sp³-hybridized carbons (Fsp3) is 0.750. The van der Waals surface area contributed by atoms with E-state index in [1.165, 1.54) is 37.6 Å². The zero-order valence-electron chi connectivity index (χ0n) is 10.5. The summed E-state index contributed by atoms with van der Waals surface area (Å²) in [6.07, 6.45) is 7.08. The smallest absolute Gasteiger partial charge is 0.327 e. The number of hydrogen-bond donors (Lipinski definition) is 1. The van der Waals surface area contributed by atoms with Crippen LogP contribution in [0.1, 0.15) is 45.4 Å². The first-order valence-electron chi connectivity index (χ1n) is 6.30. The first-order chi connectivity index (χ1) is 8.57. The number of rotatable bonds is 8. The summed E-state index contributed by atoms with van der Waals surface area (Å²) in [5, 5.41) is 9.35. The van der Waals surface area contributed by atoms with Gasteiger partial charge in [-0.25, -0.2) is 4.31 Å². The number of halogens is 2. The molecule has 0 aromatic carbocycles. The summed E-state index contributed by atoms with van der Waals surface area (Å²) in [7, 11) is 0. The fourth-order valence-electron chi connectivity index (χ4n) is 1.89. The molecule has 1 aliphatic rings. The van der Waals surface area contributed by atoms with Gasteiger partial charge in [0.15, 0.2) is 6.04 Å². The van der Waals surface area contributed by atoms with Crippen LogP contribution in [-0.4, -0.2) is 28.0 Å². The Balaban J connectivity index is 2.28. The van der Waals surface area contributed by atoms with Gasteiger partial charge in [0.25, 0.3) is 0 Å². The summed E-state index contributed by atoms with van der Waals surface area (Å²) in [5.74, 6) is -0.936. The average Bonchev–Trinajstić information content (AvgIpc) is 2.59. The third-order valence-electron chi connectivity index (χ3n) is 2.88. The lowest BCUT2D eigenvalue weighted by Gasteiger charge is -2.19. The van der Waals surface area contributed by atoms with Crippen LogP contribution in [0.4, 0.5) is 0 Å². The fourth-order valence-corrected chi connectivity index (χ4v) is 3.56. The second kappa shape index (κ2) is 8.31. The molecule has 0 radical (unpaired) electrons. The Hall–Kier alpha value is 0.1000. The van der Waals surface area contributed by atoms with Gasteiger partial charge in [0.1, 0.15) is 4.36 Å². The topological polar surface area (TPSA) is 40.5 Å². The van der Waals surface area contributed by atoms with Crippen molar-refractivity contribution in [2.45, 2.75) is 51.5 Å². The zero-order valence-corrected chi connectivity index (χ0v) is 12.8. The Morgan fingerprint density at radius 1 is 1.28 bits per heavy atom. The van der Waals surface area contributed by atoms with Crippen molar-refractivity contribution >= 4 is 41.1 Å². The average molecular weight is 312 g/mol. The van der Waals surface area contributed by atoms with Crippen molar-refractivity contribution < 1.29 is 9.90 Å². The van der Waals surface area contributed by atoms with Crippen molar-refractivity contribution in [2.75, 3.05) is 6.54 Å². The van der Waals surface area contributed by atoms with Gasteiger partial charge in [0, 0.05) is 6.54 Å². The van der Waals surface area contributed by atoms with E-state index >= 15 is 0 Å². The van der Waals surface area contributed by atoms with Crippen LogP contribution < -0.4 is 0 Å². The molecule has 0 spiro atoms. The number of unbranched alkanes of at least 4 members (excludes halogenated alkanes) is 5. The van der Waals surface area contributed by atoms with Crippen molar-refractivity contribution in [3.05, 3.63) is 9.40 Å². The van der Waals surface area contributed by atoms with E-state index in [2.05, 4.69) is 6.92 Å². The number of carboxylic acid groups (broad SMARTS) is 1. The predicted molar refractivity (Wildman–Crippen MR) is 77.8 cm³/mol. The van der Waals surface area contributed by atoms with E-state index < -0.39 is 12.0 Å². The third kappa shape index (κ3) is 4.65. The van der Waals surface area contributed by atoms with Crippen molar-refractivity contribution in [3.8, 4) is 0 Å². The molecule has 1 heterocycles. The Morgan fingerprint density at radius 2 is 1.89 bits per heavy atom. The molecule has 0 aromatic rings. The normalized spacial score (nSPS) is 20.7. The van der Waals surface area contributed by atoms with Gasteiger partial charge in [-0.1, -0.05) is 62.2 Å². The van der Waals surface area contributed by atoms with Gasteiger partial charge in [-0.3, -0.25) is 4.79 Å². The first kappa shape index (κ1) is 16.2. The highest BCUT2D eigenvalue weighted by molar-refractivity contribution is 8.02. The minimum absolute atomic E-state index is 0.236. The minimum atomic E-state index is -0.936. The second-order valence-electron chi connectivity index (χ2n) is 4.36.